The van der Waals surface area contributed by atoms with E-state index in [0.29, 0.717) is 5.92 Å². The molecule has 74 valence electrons. The standard InChI is InChI=1S/C9H15FN2O/c1-13-11-9(10)8-6-12-4-2-7(8)3-5-12/h7-8H,2-6H2,1H3/b11-9+. The average molecular weight is 186 g/mol. The van der Waals surface area contributed by atoms with Crippen LogP contribution in [0.5, 0.6) is 0 Å². The molecule has 0 aromatic heterocycles. The van der Waals surface area contributed by atoms with E-state index in [0.717, 1.165) is 32.5 Å². The quantitative estimate of drug-likeness (QED) is 0.479. The third kappa shape index (κ3) is 1.68. The number of nitrogens with zero attached hydrogens (tertiary/aromatic N) is 2. The van der Waals surface area contributed by atoms with Crippen LogP contribution >= 0.6 is 0 Å². The molecule has 1 unspecified atom stereocenters. The van der Waals surface area contributed by atoms with Crippen LogP contribution < -0.4 is 0 Å². The van der Waals surface area contributed by atoms with E-state index < -0.39 is 0 Å². The van der Waals surface area contributed by atoms with Crippen LogP contribution in [0.4, 0.5) is 4.39 Å². The number of rotatable bonds is 2. The van der Waals surface area contributed by atoms with Crippen LogP contribution in [0.15, 0.2) is 5.16 Å². The Hall–Kier alpha value is -0.640. The largest absolute Gasteiger partial charge is 0.397 e. The fourth-order valence-electron chi connectivity index (χ4n) is 2.39. The number of hydrogen-bond donors (Lipinski definition) is 0. The van der Waals surface area contributed by atoms with Crippen molar-refractivity contribution in [2.45, 2.75) is 12.8 Å². The Balaban J connectivity index is 2.04. The zero-order valence-electron chi connectivity index (χ0n) is 7.87. The van der Waals surface area contributed by atoms with Gasteiger partial charge in [0.25, 0.3) is 0 Å². The summed E-state index contributed by atoms with van der Waals surface area (Å²) in [6.07, 6.45) is 2.22. The summed E-state index contributed by atoms with van der Waals surface area (Å²) in [4.78, 5) is 6.76. The lowest BCUT2D eigenvalue weighted by Gasteiger charge is -2.43. The molecule has 13 heavy (non-hydrogen) atoms. The Labute approximate surface area is 77.5 Å². The van der Waals surface area contributed by atoms with Gasteiger partial charge < -0.3 is 9.74 Å². The minimum absolute atomic E-state index is 0.0116. The highest BCUT2D eigenvalue weighted by Crippen LogP contribution is 2.33. The van der Waals surface area contributed by atoms with Gasteiger partial charge in [0.2, 0.25) is 5.97 Å². The maximum Gasteiger partial charge on any atom is 0.231 e. The fourth-order valence-corrected chi connectivity index (χ4v) is 2.39. The highest BCUT2D eigenvalue weighted by atomic mass is 19.1. The molecule has 0 N–H and O–H groups in total. The summed E-state index contributed by atoms with van der Waals surface area (Å²) in [7, 11) is 1.39. The fraction of sp³-hybridized carbons (Fsp3) is 0.889. The number of halogens is 1. The predicted molar refractivity (Wildman–Crippen MR) is 48.2 cm³/mol. The Kier molecular flexibility index (Phi) is 2.49. The summed E-state index contributed by atoms with van der Waals surface area (Å²) in [6.45, 7) is 3.08. The lowest BCUT2D eigenvalue weighted by Crippen LogP contribution is -2.49. The van der Waals surface area contributed by atoms with Crippen LogP contribution in [0.2, 0.25) is 0 Å². The van der Waals surface area contributed by atoms with E-state index in [9.17, 15) is 4.39 Å². The number of hydrogen-bond acceptors (Lipinski definition) is 3. The van der Waals surface area contributed by atoms with Gasteiger partial charge in [-0.25, -0.2) is 0 Å². The van der Waals surface area contributed by atoms with Gasteiger partial charge in [-0.05, 0) is 31.8 Å². The lowest BCUT2D eigenvalue weighted by atomic mass is 9.79. The third-order valence-corrected chi connectivity index (χ3v) is 3.14. The first-order chi connectivity index (χ1) is 6.31. The van der Waals surface area contributed by atoms with Crippen molar-refractivity contribution in [3.8, 4) is 0 Å². The molecule has 3 nitrogen and oxygen atoms in total. The lowest BCUT2D eigenvalue weighted by molar-refractivity contribution is 0.0742. The van der Waals surface area contributed by atoms with Crippen LogP contribution in [0, 0.1) is 11.8 Å². The first kappa shape index (κ1) is 8.94. The van der Waals surface area contributed by atoms with Crippen LogP contribution in [0.25, 0.3) is 0 Å². The molecule has 0 amide bonds. The van der Waals surface area contributed by atoms with E-state index in [-0.39, 0.29) is 11.9 Å². The summed E-state index contributed by atoms with van der Waals surface area (Å²) < 4.78 is 13.3. The molecule has 3 aliphatic heterocycles. The topological polar surface area (TPSA) is 24.8 Å². The van der Waals surface area contributed by atoms with Gasteiger partial charge in [0.15, 0.2) is 0 Å². The second kappa shape index (κ2) is 3.62. The number of fused-ring (bicyclic) bond motifs is 3. The van der Waals surface area contributed by atoms with Crippen molar-refractivity contribution in [3.05, 3.63) is 0 Å². The van der Waals surface area contributed by atoms with Gasteiger partial charge in [0.1, 0.15) is 7.11 Å². The van der Waals surface area contributed by atoms with Crippen molar-refractivity contribution in [1.82, 2.24) is 4.90 Å². The maximum absolute atomic E-state index is 13.3. The van der Waals surface area contributed by atoms with E-state index in [1.807, 2.05) is 0 Å². The summed E-state index contributed by atoms with van der Waals surface area (Å²) >= 11 is 0. The smallest absolute Gasteiger partial charge is 0.231 e. The minimum Gasteiger partial charge on any atom is -0.397 e. The molecule has 0 aromatic carbocycles. The molecule has 3 aliphatic rings. The molecule has 4 heteroatoms. The molecule has 0 radical (unpaired) electrons. The van der Waals surface area contributed by atoms with Crippen molar-refractivity contribution >= 4 is 5.97 Å². The molecule has 3 heterocycles. The van der Waals surface area contributed by atoms with Crippen molar-refractivity contribution in [2.24, 2.45) is 17.0 Å². The van der Waals surface area contributed by atoms with Crippen molar-refractivity contribution < 1.29 is 9.23 Å². The summed E-state index contributed by atoms with van der Waals surface area (Å²) in [6, 6.07) is 0. The second-order valence-electron chi connectivity index (χ2n) is 3.84. The molecule has 3 rings (SSSR count). The van der Waals surface area contributed by atoms with E-state index >= 15 is 0 Å². The molecule has 0 aromatic rings. The Morgan fingerprint density at radius 3 is 2.62 bits per heavy atom. The zero-order valence-corrected chi connectivity index (χ0v) is 7.87. The normalized spacial score (nSPS) is 39.2. The molecular formula is C9H15FN2O. The van der Waals surface area contributed by atoms with Crippen molar-refractivity contribution in [3.63, 3.8) is 0 Å². The average Bonchev–Trinajstić information content (AvgIpc) is 2.20. The SMILES string of the molecule is CO/N=C(/F)C1CN2CCC1CC2. The molecule has 0 saturated carbocycles. The molecule has 3 fully saturated rings. The molecule has 3 saturated heterocycles. The van der Waals surface area contributed by atoms with E-state index in [1.165, 1.54) is 7.11 Å². The Bertz CT molecular complexity index is 212. The van der Waals surface area contributed by atoms with Gasteiger partial charge in [-0.15, -0.1) is 0 Å². The van der Waals surface area contributed by atoms with E-state index in [1.54, 1.807) is 0 Å². The summed E-state index contributed by atoms with van der Waals surface area (Å²) in [5, 5.41) is 3.39. The minimum atomic E-state index is -0.322. The first-order valence-electron chi connectivity index (χ1n) is 4.80. The van der Waals surface area contributed by atoms with E-state index in [2.05, 4.69) is 14.9 Å². The van der Waals surface area contributed by atoms with Gasteiger partial charge in [0, 0.05) is 12.5 Å². The Morgan fingerprint density at radius 1 is 1.46 bits per heavy atom. The monoisotopic (exact) mass is 186 g/mol. The summed E-state index contributed by atoms with van der Waals surface area (Å²) in [5.74, 6) is 0.156. The Morgan fingerprint density at radius 2 is 2.15 bits per heavy atom. The van der Waals surface area contributed by atoms with Gasteiger partial charge in [-0.1, -0.05) is 5.16 Å². The zero-order chi connectivity index (χ0) is 9.26. The molecule has 1 atom stereocenters. The maximum atomic E-state index is 13.3. The third-order valence-electron chi connectivity index (χ3n) is 3.14. The molecule has 2 bridgehead atoms. The van der Waals surface area contributed by atoms with Crippen LogP contribution in [0.1, 0.15) is 12.8 Å². The van der Waals surface area contributed by atoms with Gasteiger partial charge >= 0.3 is 0 Å². The first-order valence-corrected chi connectivity index (χ1v) is 4.80. The highest BCUT2D eigenvalue weighted by molar-refractivity contribution is 5.77. The predicted octanol–water partition coefficient (Wildman–Crippen LogP) is 1.26. The number of piperidine rings is 3. The van der Waals surface area contributed by atoms with E-state index in [4.69, 9.17) is 0 Å². The molecule has 0 aliphatic carbocycles. The number of oxime groups is 1. The van der Waals surface area contributed by atoms with Crippen molar-refractivity contribution in [2.75, 3.05) is 26.7 Å². The van der Waals surface area contributed by atoms with Gasteiger partial charge in [-0.2, -0.15) is 4.39 Å². The molecule has 0 spiro atoms. The van der Waals surface area contributed by atoms with Crippen LogP contribution in [-0.4, -0.2) is 37.6 Å². The highest BCUT2D eigenvalue weighted by Gasteiger charge is 2.37. The van der Waals surface area contributed by atoms with Gasteiger partial charge in [-0.3, -0.25) is 0 Å². The molecular weight excluding hydrogens is 171 g/mol. The van der Waals surface area contributed by atoms with Crippen LogP contribution in [0.3, 0.4) is 0 Å². The summed E-state index contributed by atoms with van der Waals surface area (Å²) in [5.41, 5.74) is 0. The van der Waals surface area contributed by atoms with Gasteiger partial charge in [0.05, 0.1) is 0 Å². The van der Waals surface area contributed by atoms with Crippen LogP contribution in [-0.2, 0) is 4.84 Å². The second-order valence-corrected chi connectivity index (χ2v) is 3.84. The van der Waals surface area contributed by atoms with Crippen molar-refractivity contribution in [1.29, 1.82) is 0 Å².